The predicted molar refractivity (Wildman–Crippen MR) is 68.0 cm³/mol. The van der Waals surface area contributed by atoms with Crippen LogP contribution in [0.1, 0.15) is 29.7 Å². The van der Waals surface area contributed by atoms with Crippen molar-refractivity contribution in [2.24, 2.45) is 0 Å². The minimum atomic E-state index is -0.501. The average molecular weight is 268 g/mol. The molecule has 0 fully saturated rings. The molecule has 0 amide bonds. The fraction of sp³-hybridized carbons (Fsp3) is 0.357. The summed E-state index contributed by atoms with van der Waals surface area (Å²) in [5.74, 6) is -0.962. The quantitative estimate of drug-likeness (QED) is 0.691. The van der Waals surface area contributed by atoms with E-state index in [0.717, 1.165) is 36.9 Å². The summed E-state index contributed by atoms with van der Waals surface area (Å²) >= 11 is 6.26. The van der Waals surface area contributed by atoms with Gasteiger partial charge in [-0.05, 0) is 49.8 Å². The summed E-state index contributed by atoms with van der Waals surface area (Å²) in [5.41, 5.74) is 2.03. The van der Waals surface area contributed by atoms with Crippen molar-refractivity contribution in [2.45, 2.75) is 32.6 Å². The Morgan fingerprint density at radius 1 is 1.22 bits per heavy atom. The molecule has 1 aliphatic rings. The summed E-state index contributed by atoms with van der Waals surface area (Å²) < 4.78 is 28.0. The maximum atomic E-state index is 14.1. The highest BCUT2D eigenvalue weighted by Crippen LogP contribution is 2.35. The average Bonchev–Trinajstić information content (AvgIpc) is 2.36. The summed E-state index contributed by atoms with van der Waals surface area (Å²) in [7, 11) is 0. The number of hydrogen-bond donors (Lipinski definition) is 0. The topological polar surface area (TPSA) is 12.9 Å². The Morgan fingerprint density at radius 2 is 1.94 bits per heavy atom. The van der Waals surface area contributed by atoms with Crippen LogP contribution in [-0.4, -0.2) is 4.98 Å². The second-order valence-electron chi connectivity index (χ2n) is 4.77. The molecule has 0 atom stereocenters. The van der Waals surface area contributed by atoms with Gasteiger partial charge in [0.1, 0.15) is 17.2 Å². The number of benzene rings is 1. The molecule has 1 aromatic carbocycles. The van der Waals surface area contributed by atoms with Gasteiger partial charge in [-0.1, -0.05) is 11.6 Å². The molecule has 3 rings (SSSR count). The predicted octanol–water partition coefficient (Wildman–Crippen LogP) is 4.35. The van der Waals surface area contributed by atoms with Gasteiger partial charge in [0.25, 0.3) is 0 Å². The van der Waals surface area contributed by atoms with Crippen LogP contribution in [0.5, 0.6) is 0 Å². The van der Waals surface area contributed by atoms with Gasteiger partial charge in [0.05, 0.1) is 10.4 Å². The van der Waals surface area contributed by atoms with E-state index >= 15 is 0 Å². The van der Waals surface area contributed by atoms with E-state index in [0.29, 0.717) is 5.02 Å². The first kappa shape index (κ1) is 11.8. The Morgan fingerprint density at radius 3 is 2.72 bits per heavy atom. The van der Waals surface area contributed by atoms with Crippen LogP contribution in [0.4, 0.5) is 8.78 Å². The first-order valence-electron chi connectivity index (χ1n) is 6.05. The van der Waals surface area contributed by atoms with Gasteiger partial charge < -0.3 is 0 Å². The third-order valence-corrected chi connectivity index (χ3v) is 3.96. The zero-order valence-electron chi connectivity index (χ0n) is 9.99. The van der Waals surface area contributed by atoms with Gasteiger partial charge >= 0.3 is 0 Å². The Bertz CT molecular complexity index is 652. The van der Waals surface area contributed by atoms with Gasteiger partial charge in [0.2, 0.25) is 0 Å². The van der Waals surface area contributed by atoms with Crippen molar-refractivity contribution in [3.05, 3.63) is 39.5 Å². The highest BCUT2D eigenvalue weighted by atomic mass is 35.5. The molecule has 18 heavy (non-hydrogen) atoms. The van der Waals surface area contributed by atoms with E-state index in [9.17, 15) is 8.78 Å². The zero-order chi connectivity index (χ0) is 12.9. The van der Waals surface area contributed by atoms with Gasteiger partial charge in [0.15, 0.2) is 0 Å². The van der Waals surface area contributed by atoms with E-state index < -0.39 is 11.6 Å². The number of aromatic nitrogens is 1. The Hall–Kier alpha value is -1.22. The number of nitrogens with zero attached hydrogens (tertiary/aromatic N) is 1. The van der Waals surface area contributed by atoms with Crippen LogP contribution in [0, 0.1) is 18.6 Å². The van der Waals surface area contributed by atoms with Crippen LogP contribution in [-0.2, 0) is 12.8 Å². The van der Waals surface area contributed by atoms with E-state index in [1.165, 1.54) is 13.0 Å². The second-order valence-corrected chi connectivity index (χ2v) is 5.15. The van der Waals surface area contributed by atoms with Crippen molar-refractivity contribution >= 4 is 22.5 Å². The zero-order valence-corrected chi connectivity index (χ0v) is 10.7. The first-order valence-corrected chi connectivity index (χ1v) is 6.43. The molecule has 4 heteroatoms. The normalized spacial score (nSPS) is 14.9. The van der Waals surface area contributed by atoms with Crippen molar-refractivity contribution in [1.82, 2.24) is 4.98 Å². The van der Waals surface area contributed by atoms with E-state index in [-0.39, 0.29) is 16.5 Å². The van der Waals surface area contributed by atoms with Crippen molar-refractivity contribution in [2.75, 3.05) is 0 Å². The molecule has 0 saturated heterocycles. The number of aryl methyl sites for hydroxylation is 2. The molecule has 0 N–H and O–H groups in total. The standard InChI is InChI=1S/C14H12ClF2N/c1-7-6-9(16)14-11(13(7)17)12(15)8-4-2-3-5-10(8)18-14/h6H,2-5H2,1H3. The summed E-state index contributed by atoms with van der Waals surface area (Å²) in [5, 5.41) is 0.476. The fourth-order valence-corrected chi connectivity index (χ4v) is 2.96. The number of hydrogen-bond acceptors (Lipinski definition) is 1. The number of fused-ring (bicyclic) bond motifs is 2. The van der Waals surface area contributed by atoms with E-state index in [4.69, 9.17) is 11.6 Å². The maximum Gasteiger partial charge on any atom is 0.149 e. The molecule has 2 aromatic rings. The van der Waals surface area contributed by atoms with Crippen LogP contribution in [0.25, 0.3) is 10.9 Å². The largest absolute Gasteiger partial charge is 0.249 e. The molecule has 0 unspecified atom stereocenters. The highest BCUT2D eigenvalue weighted by molar-refractivity contribution is 6.36. The van der Waals surface area contributed by atoms with Gasteiger partial charge in [-0.15, -0.1) is 0 Å². The van der Waals surface area contributed by atoms with Crippen molar-refractivity contribution in [1.29, 1.82) is 0 Å². The number of halogens is 3. The molecule has 0 radical (unpaired) electrons. The lowest BCUT2D eigenvalue weighted by atomic mass is 9.94. The van der Waals surface area contributed by atoms with Gasteiger partial charge in [-0.25, -0.2) is 13.8 Å². The van der Waals surface area contributed by atoms with Crippen LogP contribution >= 0.6 is 11.6 Å². The molecule has 1 heterocycles. The molecule has 1 nitrogen and oxygen atoms in total. The minimum absolute atomic E-state index is 0.0590. The Balaban J connectivity index is 2.46. The van der Waals surface area contributed by atoms with E-state index in [2.05, 4.69) is 4.98 Å². The smallest absolute Gasteiger partial charge is 0.149 e. The summed E-state index contributed by atoms with van der Waals surface area (Å²) in [6.45, 7) is 1.54. The number of pyridine rings is 1. The number of rotatable bonds is 0. The highest BCUT2D eigenvalue weighted by Gasteiger charge is 2.21. The van der Waals surface area contributed by atoms with Crippen LogP contribution in [0.15, 0.2) is 6.07 Å². The molecule has 0 saturated carbocycles. The Labute approximate surface area is 109 Å². The molecule has 0 spiro atoms. The minimum Gasteiger partial charge on any atom is -0.249 e. The van der Waals surface area contributed by atoms with Crippen molar-refractivity contribution in [3.8, 4) is 0 Å². The van der Waals surface area contributed by atoms with Crippen LogP contribution in [0.3, 0.4) is 0 Å². The van der Waals surface area contributed by atoms with E-state index in [1.54, 1.807) is 0 Å². The van der Waals surface area contributed by atoms with Crippen LogP contribution < -0.4 is 0 Å². The lowest BCUT2D eigenvalue weighted by molar-refractivity contribution is 0.604. The fourth-order valence-electron chi connectivity index (χ4n) is 2.59. The Kier molecular flexibility index (Phi) is 2.74. The summed E-state index contributed by atoms with van der Waals surface area (Å²) in [6.07, 6.45) is 3.64. The van der Waals surface area contributed by atoms with Gasteiger partial charge in [-0.3, -0.25) is 0 Å². The molecular weight excluding hydrogens is 256 g/mol. The third-order valence-electron chi connectivity index (χ3n) is 3.54. The lowest BCUT2D eigenvalue weighted by Crippen LogP contribution is -2.08. The molecule has 0 aliphatic heterocycles. The first-order chi connectivity index (χ1) is 8.59. The summed E-state index contributed by atoms with van der Waals surface area (Å²) in [4.78, 5) is 4.28. The lowest BCUT2D eigenvalue weighted by Gasteiger charge is -2.18. The summed E-state index contributed by atoms with van der Waals surface area (Å²) in [6, 6.07) is 1.18. The second kappa shape index (κ2) is 4.16. The van der Waals surface area contributed by atoms with Gasteiger partial charge in [0, 0.05) is 5.69 Å². The molecule has 1 aromatic heterocycles. The van der Waals surface area contributed by atoms with Crippen molar-refractivity contribution < 1.29 is 8.78 Å². The molecule has 1 aliphatic carbocycles. The van der Waals surface area contributed by atoms with Crippen LogP contribution in [0.2, 0.25) is 5.02 Å². The van der Waals surface area contributed by atoms with Crippen molar-refractivity contribution in [3.63, 3.8) is 0 Å². The third kappa shape index (κ3) is 1.61. The maximum absolute atomic E-state index is 14.1. The molecule has 0 bridgehead atoms. The van der Waals surface area contributed by atoms with Gasteiger partial charge in [-0.2, -0.15) is 0 Å². The molecule has 94 valence electrons. The SMILES string of the molecule is Cc1cc(F)c2nc3c(c(Cl)c2c1F)CCCC3. The van der Waals surface area contributed by atoms with E-state index in [1.807, 2.05) is 0 Å². The molecular formula is C14H12ClF2N. The monoisotopic (exact) mass is 267 g/mol.